The summed E-state index contributed by atoms with van der Waals surface area (Å²) < 4.78 is 0. The van der Waals surface area contributed by atoms with Crippen LogP contribution in [-0.4, -0.2) is 21.9 Å². The Morgan fingerprint density at radius 2 is 0.500 bits per heavy atom. The maximum absolute atomic E-state index is 0. The SMILES string of the molecule is F.O.O.O.O.[Mn]. The summed E-state index contributed by atoms with van der Waals surface area (Å²) in [6, 6.07) is 0. The van der Waals surface area contributed by atoms with E-state index in [4.69, 9.17) is 0 Å². The summed E-state index contributed by atoms with van der Waals surface area (Å²) in [5.41, 5.74) is 0. The van der Waals surface area contributed by atoms with Gasteiger partial charge in [0.25, 0.3) is 0 Å². The summed E-state index contributed by atoms with van der Waals surface area (Å²) in [7, 11) is 0. The maximum Gasteiger partial charge on any atom is 0 e. The van der Waals surface area contributed by atoms with E-state index in [-0.39, 0.29) is 43.7 Å². The van der Waals surface area contributed by atoms with Crippen LogP contribution in [0.5, 0.6) is 0 Å². The zero-order valence-electron chi connectivity index (χ0n) is 2.79. The fourth-order valence-electron chi connectivity index (χ4n) is 0. The molecule has 6 heavy (non-hydrogen) atoms. The van der Waals surface area contributed by atoms with Crippen LogP contribution in [0.15, 0.2) is 0 Å². The van der Waals surface area contributed by atoms with E-state index in [2.05, 4.69) is 0 Å². The van der Waals surface area contributed by atoms with Crippen molar-refractivity contribution in [2.75, 3.05) is 0 Å². The Kier molecular flexibility index (Phi) is 406000. The van der Waals surface area contributed by atoms with E-state index in [1.807, 2.05) is 0 Å². The van der Waals surface area contributed by atoms with Crippen LogP contribution >= 0.6 is 0 Å². The molecule has 0 aliphatic heterocycles. The minimum absolute atomic E-state index is 0. The van der Waals surface area contributed by atoms with Crippen LogP contribution < -0.4 is 0 Å². The fraction of sp³-hybridized carbons (Fsp3) is 0. The molecule has 0 unspecified atom stereocenters. The molecule has 47 valence electrons. The molecule has 0 saturated heterocycles. The summed E-state index contributed by atoms with van der Waals surface area (Å²) in [6.07, 6.45) is 0. The largest absolute Gasteiger partial charge is 0.412 e. The van der Waals surface area contributed by atoms with Crippen LogP contribution in [0.1, 0.15) is 0 Å². The van der Waals surface area contributed by atoms with Crippen molar-refractivity contribution in [3.63, 3.8) is 0 Å². The molecular weight excluding hydrogens is 138 g/mol. The minimum atomic E-state index is 0. The molecule has 0 aromatic rings. The van der Waals surface area contributed by atoms with E-state index < -0.39 is 0 Å². The van der Waals surface area contributed by atoms with Gasteiger partial charge in [-0.05, 0) is 0 Å². The topological polar surface area (TPSA) is 126 Å². The van der Waals surface area contributed by atoms with Gasteiger partial charge in [0.15, 0.2) is 0 Å². The number of rotatable bonds is 0. The van der Waals surface area contributed by atoms with Crippen molar-refractivity contribution in [3.8, 4) is 0 Å². The molecule has 0 saturated carbocycles. The molecule has 0 heterocycles. The predicted octanol–water partition coefficient (Wildman–Crippen LogP) is -3.15. The van der Waals surface area contributed by atoms with Gasteiger partial charge in [0.1, 0.15) is 0 Å². The van der Waals surface area contributed by atoms with Crippen LogP contribution in [0, 0.1) is 0 Å². The van der Waals surface area contributed by atoms with Crippen molar-refractivity contribution < 1.29 is 43.7 Å². The maximum atomic E-state index is 0. The average molecular weight is 147 g/mol. The van der Waals surface area contributed by atoms with E-state index in [1.54, 1.807) is 0 Å². The van der Waals surface area contributed by atoms with E-state index in [9.17, 15) is 0 Å². The van der Waals surface area contributed by atoms with Gasteiger partial charge in [0.05, 0.1) is 0 Å². The predicted molar refractivity (Wildman–Crippen MR) is 17.0 cm³/mol. The summed E-state index contributed by atoms with van der Waals surface area (Å²) in [6.45, 7) is 0. The Bertz CT molecular complexity index is 7.51. The molecule has 0 bridgehead atoms. The molecule has 0 fully saturated rings. The molecule has 0 rings (SSSR count). The Hall–Kier alpha value is 0.289. The van der Waals surface area contributed by atoms with E-state index >= 15 is 0 Å². The van der Waals surface area contributed by atoms with Crippen LogP contribution in [0.3, 0.4) is 0 Å². The smallest absolute Gasteiger partial charge is 0 e. The molecule has 1 radical (unpaired) electrons. The first kappa shape index (κ1) is 2100. The molecule has 6 heteroatoms. The van der Waals surface area contributed by atoms with Crippen molar-refractivity contribution in [3.05, 3.63) is 0 Å². The molecule has 0 aromatic heterocycles. The molecule has 0 atom stereocenters. The standard InChI is InChI=1S/FH.Mn.4H2O/h1H;;4*1H2. The first-order chi connectivity index (χ1) is 0. The third-order valence-corrected chi connectivity index (χ3v) is 0. The van der Waals surface area contributed by atoms with Gasteiger partial charge in [0.2, 0.25) is 0 Å². The summed E-state index contributed by atoms with van der Waals surface area (Å²) in [4.78, 5) is 0. The van der Waals surface area contributed by atoms with Gasteiger partial charge in [-0.3, -0.25) is 4.70 Å². The summed E-state index contributed by atoms with van der Waals surface area (Å²) >= 11 is 0. The van der Waals surface area contributed by atoms with Crippen molar-refractivity contribution >= 4 is 0 Å². The quantitative estimate of drug-likeness (QED) is 0.321. The first-order valence-electron chi connectivity index (χ1n) is 0. The Morgan fingerprint density at radius 1 is 0.500 bits per heavy atom. The second kappa shape index (κ2) is 1160. The minimum Gasteiger partial charge on any atom is -0.412 e. The zero-order valence-corrected chi connectivity index (χ0v) is 3.97. The van der Waals surface area contributed by atoms with Gasteiger partial charge < -0.3 is 21.9 Å². The first-order valence-corrected chi connectivity index (χ1v) is 0. The summed E-state index contributed by atoms with van der Waals surface area (Å²) in [5, 5.41) is 0. The van der Waals surface area contributed by atoms with Gasteiger partial charge in [-0.25, -0.2) is 0 Å². The van der Waals surface area contributed by atoms with Crippen molar-refractivity contribution in [1.82, 2.24) is 0 Å². The van der Waals surface area contributed by atoms with E-state index in [0.29, 0.717) is 0 Å². The van der Waals surface area contributed by atoms with Crippen LogP contribution in [0.2, 0.25) is 0 Å². The van der Waals surface area contributed by atoms with Crippen LogP contribution in [0.25, 0.3) is 0 Å². The molecule has 0 aliphatic rings. The van der Waals surface area contributed by atoms with E-state index in [0.717, 1.165) is 0 Å². The molecule has 0 spiro atoms. The second-order valence-electron chi connectivity index (χ2n) is 0. The Morgan fingerprint density at radius 3 is 0.500 bits per heavy atom. The molecule has 0 amide bonds. The van der Waals surface area contributed by atoms with Gasteiger partial charge in [0, 0.05) is 17.1 Å². The third-order valence-electron chi connectivity index (χ3n) is 0. The molecule has 4 nitrogen and oxygen atoms in total. The van der Waals surface area contributed by atoms with Crippen molar-refractivity contribution in [2.24, 2.45) is 0 Å². The third kappa shape index (κ3) is 554. The fourth-order valence-corrected chi connectivity index (χ4v) is 0. The normalized spacial score (nSPS) is 0. The number of halogens is 1. The average Bonchev–Trinajstić information content (AvgIpc) is 0. The summed E-state index contributed by atoms with van der Waals surface area (Å²) in [5.74, 6) is 0. The molecular formula is H9FMnO4. The van der Waals surface area contributed by atoms with Crippen LogP contribution in [-0.2, 0) is 17.1 Å². The van der Waals surface area contributed by atoms with Crippen molar-refractivity contribution in [2.45, 2.75) is 0 Å². The van der Waals surface area contributed by atoms with Gasteiger partial charge in [-0.1, -0.05) is 0 Å². The number of hydrogen-bond donors (Lipinski definition) is 0. The van der Waals surface area contributed by atoms with Gasteiger partial charge >= 0.3 is 0 Å². The molecule has 0 aromatic carbocycles. The molecule has 8 N–H and O–H groups in total. The van der Waals surface area contributed by atoms with E-state index in [1.165, 1.54) is 0 Å². The number of hydrogen-bond acceptors (Lipinski definition) is 0. The van der Waals surface area contributed by atoms with Crippen molar-refractivity contribution in [1.29, 1.82) is 0 Å². The van der Waals surface area contributed by atoms with Gasteiger partial charge in [-0.15, -0.1) is 0 Å². The Labute approximate surface area is 44.6 Å². The zero-order chi connectivity index (χ0) is 0. The van der Waals surface area contributed by atoms with Crippen LogP contribution in [0.4, 0.5) is 4.70 Å². The van der Waals surface area contributed by atoms with Gasteiger partial charge in [-0.2, -0.15) is 0 Å². The second-order valence-corrected chi connectivity index (χ2v) is 0. The molecule has 0 aliphatic carbocycles. The Balaban J connectivity index is 0. The monoisotopic (exact) mass is 147 g/mol.